The highest BCUT2D eigenvalue weighted by molar-refractivity contribution is 7.11. The molecule has 1 aromatic heterocycles. The molecule has 4 heteroatoms. The number of hydrogen-bond donors (Lipinski definition) is 2. The molecule has 0 unspecified atom stereocenters. The summed E-state index contributed by atoms with van der Waals surface area (Å²) in [6, 6.07) is 0. The van der Waals surface area contributed by atoms with E-state index in [-0.39, 0.29) is 12.0 Å². The van der Waals surface area contributed by atoms with Gasteiger partial charge in [-0.05, 0) is 37.6 Å². The largest absolute Gasteiger partial charge is 0.396 e. The van der Waals surface area contributed by atoms with E-state index in [1.54, 1.807) is 0 Å². The quantitative estimate of drug-likeness (QED) is 0.713. The molecule has 1 aliphatic carbocycles. The predicted octanol–water partition coefficient (Wildman–Crippen LogP) is 2.91. The molecule has 0 radical (unpaired) electrons. The van der Waals surface area contributed by atoms with Crippen LogP contribution in [0.5, 0.6) is 0 Å². The molecule has 0 aromatic carbocycles. The summed E-state index contributed by atoms with van der Waals surface area (Å²) >= 11 is 1.86. The minimum absolute atomic E-state index is 0.0608. The van der Waals surface area contributed by atoms with Crippen molar-refractivity contribution in [2.75, 3.05) is 13.2 Å². The van der Waals surface area contributed by atoms with Crippen molar-refractivity contribution in [2.24, 2.45) is 5.41 Å². The smallest absolute Gasteiger partial charge is 0.0959 e. The van der Waals surface area contributed by atoms with Crippen LogP contribution in [0.25, 0.3) is 0 Å². The zero-order chi connectivity index (χ0) is 13.0. The molecular weight excluding hydrogens is 244 g/mol. The van der Waals surface area contributed by atoms with Gasteiger partial charge in [0.1, 0.15) is 0 Å². The Hall–Kier alpha value is -0.450. The first kappa shape index (κ1) is 14.0. The third-order valence-corrected chi connectivity index (χ3v) is 4.59. The molecular formula is C14H24N2OS. The molecule has 2 rings (SSSR count). The van der Waals surface area contributed by atoms with Gasteiger partial charge in [0, 0.05) is 30.1 Å². The maximum Gasteiger partial charge on any atom is 0.0959 e. The SMILES string of the molecule is CC(C)(CO)CCCNCc1cnc(C2CC2)s1. The molecule has 0 spiro atoms. The van der Waals surface area contributed by atoms with Gasteiger partial charge in [0.15, 0.2) is 0 Å². The van der Waals surface area contributed by atoms with E-state index in [9.17, 15) is 0 Å². The Balaban J connectivity index is 1.60. The number of aliphatic hydroxyl groups excluding tert-OH is 1. The number of aromatic nitrogens is 1. The topological polar surface area (TPSA) is 45.1 Å². The van der Waals surface area contributed by atoms with Crippen molar-refractivity contribution < 1.29 is 5.11 Å². The Labute approximate surface area is 114 Å². The number of nitrogens with zero attached hydrogens (tertiary/aromatic N) is 1. The van der Waals surface area contributed by atoms with Gasteiger partial charge in [0.25, 0.3) is 0 Å². The van der Waals surface area contributed by atoms with Crippen molar-refractivity contribution >= 4 is 11.3 Å². The van der Waals surface area contributed by atoms with Gasteiger partial charge in [-0.2, -0.15) is 0 Å². The normalized spacial score (nSPS) is 16.2. The van der Waals surface area contributed by atoms with E-state index in [4.69, 9.17) is 5.11 Å². The van der Waals surface area contributed by atoms with Crippen LogP contribution in [0.15, 0.2) is 6.20 Å². The maximum atomic E-state index is 9.16. The summed E-state index contributed by atoms with van der Waals surface area (Å²) in [6.45, 7) is 6.44. The lowest BCUT2D eigenvalue weighted by Gasteiger charge is -2.21. The van der Waals surface area contributed by atoms with Gasteiger partial charge < -0.3 is 10.4 Å². The minimum atomic E-state index is 0.0608. The molecule has 102 valence electrons. The van der Waals surface area contributed by atoms with Crippen LogP contribution < -0.4 is 5.32 Å². The van der Waals surface area contributed by atoms with Gasteiger partial charge in [-0.15, -0.1) is 11.3 Å². The number of nitrogens with one attached hydrogen (secondary N) is 1. The molecule has 1 saturated carbocycles. The average Bonchev–Trinajstić information content (AvgIpc) is 3.09. The summed E-state index contributed by atoms with van der Waals surface area (Å²) < 4.78 is 0. The van der Waals surface area contributed by atoms with E-state index in [2.05, 4.69) is 24.1 Å². The van der Waals surface area contributed by atoms with Crippen LogP contribution in [0.1, 0.15) is 55.3 Å². The van der Waals surface area contributed by atoms with E-state index < -0.39 is 0 Å². The summed E-state index contributed by atoms with van der Waals surface area (Å²) in [5.74, 6) is 0.772. The fourth-order valence-electron chi connectivity index (χ4n) is 1.91. The van der Waals surface area contributed by atoms with Crippen molar-refractivity contribution in [3.63, 3.8) is 0 Å². The van der Waals surface area contributed by atoms with Crippen LogP contribution in [0.2, 0.25) is 0 Å². The first-order valence-electron chi connectivity index (χ1n) is 6.87. The van der Waals surface area contributed by atoms with E-state index >= 15 is 0 Å². The lowest BCUT2D eigenvalue weighted by molar-refractivity contribution is 0.148. The Morgan fingerprint density at radius 2 is 2.28 bits per heavy atom. The van der Waals surface area contributed by atoms with E-state index in [1.165, 1.54) is 22.7 Å². The van der Waals surface area contributed by atoms with Gasteiger partial charge in [0.05, 0.1) is 5.01 Å². The van der Waals surface area contributed by atoms with Crippen molar-refractivity contribution in [3.8, 4) is 0 Å². The summed E-state index contributed by atoms with van der Waals surface area (Å²) in [4.78, 5) is 5.82. The molecule has 0 amide bonds. The van der Waals surface area contributed by atoms with Crippen LogP contribution in [0.4, 0.5) is 0 Å². The number of aliphatic hydroxyl groups is 1. The molecule has 0 saturated heterocycles. The molecule has 1 aromatic rings. The molecule has 0 atom stereocenters. The summed E-state index contributed by atoms with van der Waals surface area (Å²) in [5, 5.41) is 13.9. The van der Waals surface area contributed by atoms with Crippen molar-refractivity contribution in [1.29, 1.82) is 0 Å². The molecule has 1 aliphatic rings. The first-order valence-corrected chi connectivity index (χ1v) is 7.68. The van der Waals surface area contributed by atoms with E-state index in [1.807, 2.05) is 17.5 Å². The molecule has 2 N–H and O–H groups in total. The Bertz CT molecular complexity index is 372. The second-order valence-corrected chi connectivity index (χ2v) is 7.19. The summed E-state index contributed by atoms with van der Waals surface area (Å²) in [6.07, 6.45) is 6.85. The first-order chi connectivity index (χ1) is 8.61. The Kier molecular flexibility index (Phi) is 4.76. The fourth-order valence-corrected chi connectivity index (χ4v) is 2.96. The molecule has 18 heavy (non-hydrogen) atoms. The molecule has 3 nitrogen and oxygen atoms in total. The molecule has 0 bridgehead atoms. The average molecular weight is 268 g/mol. The highest BCUT2D eigenvalue weighted by Crippen LogP contribution is 2.41. The molecule has 1 heterocycles. The predicted molar refractivity (Wildman–Crippen MR) is 75.9 cm³/mol. The lowest BCUT2D eigenvalue weighted by atomic mass is 9.89. The number of hydrogen-bond acceptors (Lipinski definition) is 4. The van der Waals surface area contributed by atoms with Crippen LogP contribution >= 0.6 is 11.3 Å². The van der Waals surface area contributed by atoms with Gasteiger partial charge in [0.2, 0.25) is 0 Å². The van der Waals surface area contributed by atoms with Crippen molar-refractivity contribution in [1.82, 2.24) is 10.3 Å². The lowest BCUT2D eigenvalue weighted by Crippen LogP contribution is -2.20. The summed E-state index contributed by atoms with van der Waals surface area (Å²) in [5.41, 5.74) is 0.0608. The van der Waals surface area contributed by atoms with Crippen LogP contribution in [0.3, 0.4) is 0 Å². The zero-order valence-corrected chi connectivity index (χ0v) is 12.2. The second kappa shape index (κ2) is 6.13. The molecule has 1 fully saturated rings. The van der Waals surface area contributed by atoms with Crippen molar-refractivity contribution in [3.05, 3.63) is 16.1 Å². The highest BCUT2D eigenvalue weighted by atomic mass is 32.1. The van der Waals surface area contributed by atoms with Gasteiger partial charge >= 0.3 is 0 Å². The zero-order valence-electron chi connectivity index (χ0n) is 11.4. The van der Waals surface area contributed by atoms with Crippen molar-refractivity contribution in [2.45, 2.75) is 52.0 Å². The standard InChI is InChI=1S/C14H24N2OS/c1-14(2,10-17)6-3-7-15-8-12-9-16-13(18-12)11-4-5-11/h9,11,15,17H,3-8,10H2,1-2H3. The Morgan fingerprint density at radius 1 is 1.50 bits per heavy atom. The number of rotatable bonds is 8. The third-order valence-electron chi connectivity index (χ3n) is 3.43. The van der Waals surface area contributed by atoms with Gasteiger partial charge in [-0.1, -0.05) is 13.8 Å². The monoisotopic (exact) mass is 268 g/mol. The van der Waals surface area contributed by atoms with Gasteiger partial charge in [-0.3, -0.25) is 0 Å². The summed E-state index contributed by atoms with van der Waals surface area (Å²) in [7, 11) is 0. The highest BCUT2D eigenvalue weighted by Gasteiger charge is 2.26. The van der Waals surface area contributed by atoms with Gasteiger partial charge in [-0.25, -0.2) is 4.98 Å². The minimum Gasteiger partial charge on any atom is -0.396 e. The van der Waals surface area contributed by atoms with Crippen LogP contribution in [-0.4, -0.2) is 23.2 Å². The Morgan fingerprint density at radius 3 is 2.94 bits per heavy atom. The second-order valence-electron chi connectivity index (χ2n) is 6.04. The van der Waals surface area contributed by atoms with Crippen LogP contribution in [0, 0.1) is 5.41 Å². The van der Waals surface area contributed by atoms with Crippen LogP contribution in [-0.2, 0) is 6.54 Å². The fraction of sp³-hybridized carbons (Fsp3) is 0.786. The third kappa shape index (κ3) is 4.34. The number of thiazole rings is 1. The van der Waals surface area contributed by atoms with E-state index in [0.717, 1.165) is 31.8 Å². The maximum absolute atomic E-state index is 9.16. The molecule has 0 aliphatic heterocycles. The van der Waals surface area contributed by atoms with E-state index in [0.29, 0.717) is 0 Å².